The van der Waals surface area contributed by atoms with Gasteiger partial charge in [0.1, 0.15) is 5.75 Å². The van der Waals surface area contributed by atoms with Crippen molar-refractivity contribution < 1.29 is 19.0 Å². The lowest BCUT2D eigenvalue weighted by atomic mass is 10.1. The molecule has 0 saturated heterocycles. The molecule has 0 spiro atoms. The number of hydrogen-bond donors (Lipinski definition) is 2. The van der Waals surface area contributed by atoms with E-state index in [-0.39, 0.29) is 12.7 Å². The Morgan fingerprint density at radius 3 is 2.68 bits per heavy atom. The van der Waals surface area contributed by atoms with Gasteiger partial charge in [0.25, 0.3) is 0 Å². The van der Waals surface area contributed by atoms with Crippen LogP contribution in [0.25, 0.3) is 0 Å². The van der Waals surface area contributed by atoms with Gasteiger partial charge in [-0.3, -0.25) is 4.79 Å². The van der Waals surface area contributed by atoms with E-state index in [9.17, 15) is 4.79 Å². The summed E-state index contributed by atoms with van der Waals surface area (Å²) in [5, 5.41) is 2.80. The molecular weight excluding hydrogens is 320 g/mol. The number of nitrogens with one attached hydrogen (secondary N) is 1. The van der Waals surface area contributed by atoms with E-state index in [2.05, 4.69) is 12.2 Å². The second-order valence-electron chi connectivity index (χ2n) is 6.04. The predicted octanol–water partition coefficient (Wildman–Crippen LogP) is 3.41. The zero-order valence-electron chi connectivity index (χ0n) is 14.4. The average molecular weight is 342 g/mol. The lowest BCUT2D eigenvalue weighted by molar-refractivity contribution is -0.116. The Kier molecular flexibility index (Phi) is 4.97. The first-order valence-electron chi connectivity index (χ1n) is 8.22. The largest absolute Gasteiger partial charge is 0.494 e. The highest BCUT2D eigenvalue weighted by atomic mass is 16.7. The highest BCUT2D eigenvalue weighted by Crippen LogP contribution is 2.38. The smallest absolute Gasteiger partial charge is 0.231 e. The van der Waals surface area contributed by atoms with Crippen LogP contribution in [0.3, 0.4) is 0 Å². The summed E-state index contributed by atoms with van der Waals surface area (Å²) in [5.74, 6) is 1.89. The van der Waals surface area contributed by atoms with Gasteiger partial charge in [-0.05, 0) is 43.5 Å². The first-order valence-corrected chi connectivity index (χ1v) is 8.22. The minimum atomic E-state index is -0.116. The van der Waals surface area contributed by atoms with Crippen molar-refractivity contribution in [1.82, 2.24) is 0 Å². The lowest BCUT2D eigenvalue weighted by Gasteiger charge is -2.10. The summed E-state index contributed by atoms with van der Waals surface area (Å²) >= 11 is 0. The number of carbonyl (C=O) groups excluding carboxylic acids is 1. The number of hydrogen-bond acceptors (Lipinski definition) is 5. The molecule has 0 bridgehead atoms. The van der Waals surface area contributed by atoms with Crippen LogP contribution in [0.15, 0.2) is 30.3 Å². The first-order chi connectivity index (χ1) is 12.0. The third-order valence-corrected chi connectivity index (χ3v) is 4.11. The molecule has 25 heavy (non-hydrogen) atoms. The number of aryl methyl sites for hydroxylation is 2. The molecule has 6 nitrogen and oxygen atoms in total. The molecule has 2 aromatic rings. The van der Waals surface area contributed by atoms with Crippen LogP contribution in [0, 0.1) is 13.8 Å². The fourth-order valence-electron chi connectivity index (χ4n) is 2.51. The normalized spacial score (nSPS) is 12.1. The number of rotatable bonds is 6. The highest BCUT2D eigenvalue weighted by Gasteiger charge is 2.17. The molecule has 1 aliphatic heterocycles. The van der Waals surface area contributed by atoms with E-state index >= 15 is 0 Å². The van der Waals surface area contributed by atoms with E-state index in [0.29, 0.717) is 42.3 Å². The van der Waals surface area contributed by atoms with Gasteiger partial charge < -0.3 is 25.3 Å². The number of benzene rings is 2. The van der Waals surface area contributed by atoms with Crippen molar-refractivity contribution in [2.45, 2.75) is 26.7 Å². The van der Waals surface area contributed by atoms with Crippen molar-refractivity contribution in [3.05, 3.63) is 41.5 Å². The number of ether oxygens (including phenoxy) is 3. The van der Waals surface area contributed by atoms with Crippen LogP contribution < -0.4 is 25.3 Å². The second-order valence-corrected chi connectivity index (χ2v) is 6.04. The van der Waals surface area contributed by atoms with E-state index < -0.39 is 0 Å². The standard InChI is InChI=1S/C19H22N2O4/c1-12-5-6-14(8-13(12)2)23-7-3-4-19(22)21-16-10-18-17(9-15(16)20)24-11-25-18/h5-6,8-10H,3-4,7,11,20H2,1-2H3,(H,21,22). The molecule has 1 heterocycles. The number of nitrogens with two attached hydrogens (primary N) is 1. The molecule has 0 radical (unpaired) electrons. The summed E-state index contributed by atoms with van der Waals surface area (Å²) in [5.41, 5.74) is 9.32. The SMILES string of the molecule is Cc1ccc(OCCCC(=O)Nc2cc3c(cc2N)OCO3)cc1C. The van der Waals surface area contributed by atoms with Crippen molar-refractivity contribution in [2.75, 3.05) is 24.5 Å². The Morgan fingerprint density at radius 1 is 1.16 bits per heavy atom. The fraction of sp³-hybridized carbons (Fsp3) is 0.316. The van der Waals surface area contributed by atoms with Crippen molar-refractivity contribution >= 4 is 17.3 Å². The summed E-state index contributed by atoms with van der Waals surface area (Å²) in [7, 11) is 0. The molecule has 1 amide bonds. The van der Waals surface area contributed by atoms with Crippen molar-refractivity contribution in [1.29, 1.82) is 0 Å². The Morgan fingerprint density at radius 2 is 1.92 bits per heavy atom. The molecule has 0 aromatic heterocycles. The van der Waals surface area contributed by atoms with E-state index in [0.717, 1.165) is 5.75 Å². The summed E-state index contributed by atoms with van der Waals surface area (Å²) in [6, 6.07) is 9.31. The van der Waals surface area contributed by atoms with E-state index in [4.69, 9.17) is 19.9 Å². The zero-order chi connectivity index (χ0) is 17.8. The van der Waals surface area contributed by atoms with Gasteiger partial charge >= 0.3 is 0 Å². The number of carbonyl (C=O) groups is 1. The molecule has 0 unspecified atom stereocenters. The van der Waals surface area contributed by atoms with Crippen LogP contribution in [0.2, 0.25) is 0 Å². The van der Waals surface area contributed by atoms with Crippen LogP contribution in [0.4, 0.5) is 11.4 Å². The zero-order valence-corrected chi connectivity index (χ0v) is 14.4. The average Bonchev–Trinajstić information content (AvgIpc) is 3.02. The number of fused-ring (bicyclic) bond motifs is 1. The third-order valence-electron chi connectivity index (χ3n) is 4.11. The van der Waals surface area contributed by atoms with Crippen LogP contribution >= 0.6 is 0 Å². The Balaban J connectivity index is 1.46. The molecule has 6 heteroatoms. The maximum Gasteiger partial charge on any atom is 0.231 e. The van der Waals surface area contributed by atoms with Crippen molar-refractivity contribution in [2.24, 2.45) is 0 Å². The summed E-state index contributed by atoms with van der Waals surface area (Å²) in [6.45, 7) is 4.76. The summed E-state index contributed by atoms with van der Waals surface area (Å²) in [4.78, 5) is 12.1. The monoisotopic (exact) mass is 342 g/mol. The quantitative estimate of drug-likeness (QED) is 0.621. The molecule has 1 aliphatic rings. The number of anilines is 2. The summed E-state index contributed by atoms with van der Waals surface area (Å²) in [6.07, 6.45) is 0.960. The van der Waals surface area contributed by atoms with Gasteiger partial charge in [-0.1, -0.05) is 6.07 Å². The summed E-state index contributed by atoms with van der Waals surface area (Å²) < 4.78 is 16.2. The van der Waals surface area contributed by atoms with E-state index in [1.165, 1.54) is 11.1 Å². The van der Waals surface area contributed by atoms with Gasteiger partial charge in [0.05, 0.1) is 18.0 Å². The molecule has 0 saturated carbocycles. The van der Waals surface area contributed by atoms with E-state index in [1.807, 2.05) is 25.1 Å². The maximum absolute atomic E-state index is 12.1. The molecule has 132 valence electrons. The van der Waals surface area contributed by atoms with Gasteiger partial charge in [-0.15, -0.1) is 0 Å². The van der Waals surface area contributed by atoms with Crippen molar-refractivity contribution in [3.63, 3.8) is 0 Å². The fourth-order valence-corrected chi connectivity index (χ4v) is 2.51. The molecule has 2 aromatic carbocycles. The molecule has 3 N–H and O–H groups in total. The van der Waals surface area contributed by atoms with Gasteiger partial charge in [-0.25, -0.2) is 0 Å². The molecule has 0 aliphatic carbocycles. The Labute approximate surface area is 146 Å². The third kappa shape index (κ3) is 4.15. The maximum atomic E-state index is 12.1. The number of amides is 1. The minimum Gasteiger partial charge on any atom is -0.494 e. The minimum absolute atomic E-state index is 0.116. The molecular formula is C19H22N2O4. The Bertz CT molecular complexity index is 789. The van der Waals surface area contributed by atoms with E-state index in [1.54, 1.807) is 12.1 Å². The van der Waals surface area contributed by atoms with Crippen LogP contribution in [-0.2, 0) is 4.79 Å². The van der Waals surface area contributed by atoms with Crippen LogP contribution in [0.5, 0.6) is 17.2 Å². The molecule has 0 fully saturated rings. The topological polar surface area (TPSA) is 82.8 Å². The Hall–Kier alpha value is -2.89. The molecule has 0 atom stereocenters. The number of nitrogen functional groups attached to an aromatic ring is 1. The predicted molar refractivity (Wildman–Crippen MR) is 96.3 cm³/mol. The first kappa shape index (κ1) is 17.0. The van der Waals surface area contributed by atoms with Gasteiger partial charge in [0.2, 0.25) is 12.7 Å². The van der Waals surface area contributed by atoms with Crippen LogP contribution in [-0.4, -0.2) is 19.3 Å². The van der Waals surface area contributed by atoms with Crippen LogP contribution in [0.1, 0.15) is 24.0 Å². The highest BCUT2D eigenvalue weighted by molar-refractivity contribution is 5.94. The lowest BCUT2D eigenvalue weighted by Crippen LogP contribution is -2.14. The van der Waals surface area contributed by atoms with Crippen molar-refractivity contribution in [3.8, 4) is 17.2 Å². The van der Waals surface area contributed by atoms with Gasteiger partial charge in [0.15, 0.2) is 11.5 Å². The second kappa shape index (κ2) is 7.34. The van der Waals surface area contributed by atoms with Gasteiger partial charge in [-0.2, -0.15) is 0 Å². The van der Waals surface area contributed by atoms with Gasteiger partial charge in [0, 0.05) is 18.6 Å². The molecule has 3 rings (SSSR count).